The summed E-state index contributed by atoms with van der Waals surface area (Å²) in [6, 6.07) is 8.97. The van der Waals surface area contributed by atoms with Crippen LogP contribution in [0.4, 0.5) is 5.82 Å². The van der Waals surface area contributed by atoms with E-state index in [1.807, 2.05) is 6.07 Å². The number of aromatic nitrogens is 2. The fourth-order valence-corrected chi connectivity index (χ4v) is 2.99. The molecular formula is C20H24N4O4. The van der Waals surface area contributed by atoms with E-state index in [4.69, 9.17) is 9.47 Å². The van der Waals surface area contributed by atoms with Gasteiger partial charge in [-0.1, -0.05) is 12.1 Å². The molecule has 1 N–H and O–H groups in total. The highest BCUT2D eigenvalue weighted by atomic mass is 16.5. The summed E-state index contributed by atoms with van der Waals surface area (Å²) in [6.45, 7) is 1.56. The normalized spacial score (nSPS) is 14.4. The van der Waals surface area contributed by atoms with Gasteiger partial charge in [-0.25, -0.2) is 9.97 Å². The first-order valence-corrected chi connectivity index (χ1v) is 9.27. The Hall–Kier alpha value is -3.16. The molecule has 1 aromatic carbocycles. The van der Waals surface area contributed by atoms with Crippen molar-refractivity contribution in [2.45, 2.75) is 25.4 Å². The first kappa shape index (κ1) is 19.6. The van der Waals surface area contributed by atoms with Crippen LogP contribution in [0, 0.1) is 0 Å². The molecule has 1 aliphatic heterocycles. The average molecular weight is 384 g/mol. The minimum atomic E-state index is -0.237. The van der Waals surface area contributed by atoms with Crippen LogP contribution in [0.15, 0.2) is 42.9 Å². The van der Waals surface area contributed by atoms with E-state index in [0.717, 1.165) is 37.3 Å². The van der Waals surface area contributed by atoms with Crippen LogP contribution >= 0.6 is 0 Å². The van der Waals surface area contributed by atoms with Gasteiger partial charge in [-0.3, -0.25) is 9.59 Å². The lowest BCUT2D eigenvalue weighted by molar-refractivity contribution is -0.149. The monoisotopic (exact) mass is 384 g/mol. The summed E-state index contributed by atoms with van der Waals surface area (Å²) in [5.41, 5.74) is 0.843. The number of rotatable bonds is 7. The van der Waals surface area contributed by atoms with Gasteiger partial charge in [-0.05, 0) is 23.8 Å². The second-order valence-corrected chi connectivity index (χ2v) is 6.53. The summed E-state index contributed by atoms with van der Waals surface area (Å²) in [5, 5.41) is 2.49. The predicted octanol–water partition coefficient (Wildman–Crippen LogP) is 1.36. The van der Waals surface area contributed by atoms with Gasteiger partial charge in [0.1, 0.15) is 24.0 Å². The van der Waals surface area contributed by atoms with E-state index in [1.165, 1.54) is 6.33 Å². The number of carbonyl (C=O) groups excluding carboxylic acids is 2. The van der Waals surface area contributed by atoms with Crippen LogP contribution in [0.25, 0.3) is 0 Å². The zero-order valence-corrected chi connectivity index (χ0v) is 15.8. The second kappa shape index (κ2) is 9.68. The van der Waals surface area contributed by atoms with Gasteiger partial charge in [-0.15, -0.1) is 0 Å². The van der Waals surface area contributed by atoms with Gasteiger partial charge in [-0.2, -0.15) is 0 Å². The molecule has 1 fully saturated rings. The molecule has 8 heteroatoms. The molecule has 2 heterocycles. The Labute approximate surface area is 163 Å². The maximum absolute atomic E-state index is 12.2. The Balaban J connectivity index is 1.41. The Morgan fingerprint density at radius 2 is 1.93 bits per heavy atom. The number of piperidine rings is 1. The third-order valence-corrected chi connectivity index (χ3v) is 4.55. The molecule has 2 aromatic rings. The molecule has 148 valence electrons. The molecule has 0 saturated carbocycles. The van der Waals surface area contributed by atoms with Crippen molar-refractivity contribution < 1.29 is 19.1 Å². The van der Waals surface area contributed by atoms with Crippen LogP contribution in [0.1, 0.15) is 18.4 Å². The third-order valence-electron chi connectivity index (χ3n) is 4.55. The second-order valence-electron chi connectivity index (χ2n) is 6.53. The number of benzene rings is 1. The van der Waals surface area contributed by atoms with Crippen molar-refractivity contribution in [1.82, 2.24) is 15.3 Å². The molecule has 3 rings (SSSR count). The Morgan fingerprint density at radius 3 is 2.57 bits per heavy atom. The zero-order chi connectivity index (χ0) is 19.8. The maximum atomic E-state index is 12.2. The van der Waals surface area contributed by atoms with E-state index < -0.39 is 0 Å². The number of nitrogens with one attached hydrogen (secondary N) is 1. The fourth-order valence-electron chi connectivity index (χ4n) is 2.99. The van der Waals surface area contributed by atoms with E-state index in [-0.39, 0.29) is 31.0 Å². The number of anilines is 1. The summed E-state index contributed by atoms with van der Waals surface area (Å²) in [7, 11) is 1.56. The van der Waals surface area contributed by atoms with Gasteiger partial charge < -0.3 is 19.7 Å². The molecule has 0 unspecified atom stereocenters. The Bertz CT molecular complexity index is 775. The molecule has 1 aliphatic rings. The molecule has 0 bridgehead atoms. The third kappa shape index (κ3) is 5.67. The molecule has 0 radical (unpaired) electrons. The van der Waals surface area contributed by atoms with Crippen molar-refractivity contribution >= 4 is 17.7 Å². The highest BCUT2D eigenvalue weighted by molar-refractivity contribution is 5.77. The number of hydrogen-bond acceptors (Lipinski definition) is 7. The van der Waals surface area contributed by atoms with E-state index in [2.05, 4.69) is 20.2 Å². The van der Waals surface area contributed by atoms with Gasteiger partial charge >= 0.3 is 5.97 Å². The summed E-state index contributed by atoms with van der Waals surface area (Å²) in [6.07, 6.45) is 4.96. The van der Waals surface area contributed by atoms with Gasteiger partial charge in [0, 0.05) is 39.2 Å². The number of ether oxygens (including phenoxy) is 2. The lowest BCUT2D eigenvalue weighted by atomic mass is 10.1. The summed E-state index contributed by atoms with van der Waals surface area (Å²) in [4.78, 5) is 33.8. The number of amides is 1. The summed E-state index contributed by atoms with van der Waals surface area (Å²) < 4.78 is 11.0. The Morgan fingerprint density at radius 1 is 1.18 bits per heavy atom. The number of likely N-dealkylation sites (N-methyl/N-ethyl adjacent to an activating group) is 1. The largest absolute Gasteiger partial charge is 0.484 e. The molecule has 1 aromatic heterocycles. The molecule has 8 nitrogen and oxygen atoms in total. The highest BCUT2D eigenvalue weighted by Gasteiger charge is 2.23. The number of nitrogens with zero attached hydrogens (tertiary/aromatic N) is 3. The van der Waals surface area contributed by atoms with Crippen molar-refractivity contribution in [3.63, 3.8) is 0 Å². The van der Waals surface area contributed by atoms with Crippen LogP contribution in [0.3, 0.4) is 0 Å². The van der Waals surface area contributed by atoms with Crippen LogP contribution in [-0.2, 0) is 20.7 Å². The zero-order valence-electron chi connectivity index (χ0n) is 15.8. The SMILES string of the molecule is CNC(=O)COc1ccc(CC(=O)OC2CCN(c3ccncn3)CC2)cc1. The van der Waals surface area contributed by atoms with Crippen LogP contribution in [0.5, 0.6) is 5.75 Å². The van der Waals surface area contributed by atoms with Gasteiger partial charge in [0.05, 0.1) is 6.42 Å². The lowest BCUT2D eigenvalue weighted by Crippen LogP contribution is -2.38. The maximum Gasteiger partial charge on any atom is 0.310 e. The summed E-state index contributed by atoms with van der Waals surface area (Å²) in [5.74, 6) is 1.05. The topological polar surface area (TPSA) is 93.6 Å². The lowest BCUT2D eigenvalue weighted by Gasteiger charge is -2.32. The molecular weight excluding hydrogens is 360 g/mol. The average Bonchev–Trinajstić information content (AvgIpc) is 2.74. The number of esters is 1. The van der Waals surface area contributed by atoms with E-state index in [9.17, 15) is 9.59 Å². The van der Waals surface area contributed by atoms with Crippen molar-refractivity contribution in [2.24, 2.45) is 0 Å². The first-order chi connectivity index (χ1) is 13.6. The van der Waals surface area contributed by atoms with E-state index in [0.29, 0.717) is 5.75 Å². The minimum absolute atomic E-state index is 0.0361. The molecule has 1 saturated heterocycles. The molecule has 28 heavy (non-hydrogen) atoms. The van der Waals surface area contributed by atoms with Crippen LogP contribution in [0.2, 0.25) is 0 Å². The van der Waals surface area contributed by atoms with Crippen LogP contribution in [-0.4, -0.2) is 54.7 Å². The number of hydrogen-bond donors (Lipinski definition) is 1. The minimum Gasteiger partial charge on any atom is -0.484 e. The first-order valence-electron chi connectivity index (χ1n) is 9.27. The predicted molar refractivity (Wildman–Crippen MR) is 103 cm³/mol. The van der Waals surface area contributed by atoms with Crippen molar-refractivity contribution in [2.75, 3.05) is 31.6 Å². The molecule has 0 spiro atoms. The van der Waals surface area contributed by atoms with Crippen molar-refractivity contribution in [1.29, 1.82) is 0 Å². The quantitative estimate of drug-likeness (QED) is 0.720. The van der Waals surface area contributed by atoms with Gasteiger partial charge in [0.2, 0.25) is 0 Å². The standard InChI is InChI=1S/C20H24N4O4/c1-21-19(25)13-27-16-4-2-15(3-5-16)12-20(26)28-17-7-10-24(11-8-17)18-6-9-22-14-23-18/h2-6,9,14,17H,7-8,10-13H2,1H3,(H,21,25). The van der Waals surface area contributed by atoms with Crippen molar-refractivity contribution in [3.05, 3.63) is 48.4 Å². The fraction of sp³-hybridized carbons (Fsp3) is 0.400. The van der Waals surface area contributed by atoms with Crippen LogP contribution < -0.4 is 15.0 Å². The summed E-state index contributed by atoms with van der Waals surface area (Å²) >= 11 is 0. The van der Waals surface area contributed by atoms with E-state index in [1.54, 1.807) is 37.5 Å². The smallest absolute Gasteiger partial charge is 0.310 e. The van der Waals surface area contributed by atoms with Crippen molar-refractivity contribution in [3.8, 4) is 5.75 Å². The van der Waals surface area contributed by atoms with E-state index >= 15 is 0 Å². The van der Waals surface area contributed by atoms with Gasteiger partial charge in [0.15, 0.2) is 6.61 Å². The highest BCUT2D eigenvalue weighted by Crippen LogP contribution is 2.20. The van der Waals surface area contributed by atoms with Gasteiger partial charge in [0.25, 0.3) is 5.91 Å². The molecule has 1 amide bonds. The molecule has 0 aliphatic carbocycles. The Kier molecular flexibility index (Phi) is 6.78. The molecule has 0 atom stereocenters. The number of carbonyl (C=O) groups is 2.